The standard InChI is InChI=1S/C14H18N2/c1-3-14-15-12-7-4-10(2)8-13(12)16(14)9-11-5-6-11/h4,7-8,11H,3,5-6,9H2,1-2H3. The molecule has 2 aromatic rings. The molecule has 0 bridgehead atoms. The Hall–Kier alpha value is -1.31. The van der Waals surface area contributed by atoms with E-state index in [0.29, 0.717) is 0 Å². The Balaban J connectivity index is 2.15. The molecule has 0 saturated heterocycles. The van der Waals surface area contributed by atoms with Gasteiger partial charge in [-0.3, -0.25) is 0 Å². The van der Waals surface area contributed by atoms with Crippen molar-refractivity contribution in [3.8, 4) is 0 Å². The van der Waals surface area contributed by atoms with E-state index in [1.54, 1.807) is 0 Å². The maximum absolute atomic E-state index is 4.72. The maximum Gasteiger partial charge on any atom is 0.109 e. The summed E-state index contributed by atoms with van der Waals surface area (Å²) in [5.41, 5.74) is 3.80. The van der Waals surface area contributed by atoms with Gasteiger partial charge < -0.3 is 4.57 Å². The predicted molar refractivity (Wildman–Crippen MR) is 66.6 cm³/mol. The number of nitrogens with zero attached hydrogens (tertiary/aromatic N) is 2. The molecule has 1 fully saturated rings. The summed E-state index contributed by atoms with van der Waals surface area (Å²) < 4.78 is 2.43. The molecule has 2 heteroatoms. The lowest BCUT2D eigenvalue weighted by atomic mass is 10.2. The lowest BCUT2D eigenvalue weighted by molar-refractivity contribution is 0.614. The molecule has 1 aliphatic carbocycles. The molecule has 3 rings (SSSR count). The number of hydrogen-bond acceptors (Lipinski definition) is 1. The molecule has 0 radical (unpaired) electrons. The minimum atomic E-state index is 0.906. The topological polar surface area (TPSA) is 17.8 Å². The van der Waals surface area contributed by atoms with Gasteiger partial charge in [0.15, 0.2) is 0 Å². The smallest absolute Gasteiger partial charge is 0.109 e. The second-order valence-corrected chi connectivity index (χ2v) is 4.93. The summed E-state index contributed by atoms with van der Waals surface area (Å²) >= 11 is 0. The van der Waals surface area contributed by atoms with Crippen LogP contribution in [0.25, 0.3) is 11.0 Å². The molecule has 0 N–H and O–H groups in total. The van der Waals surface area contributed by atoms with Crippen LogP contribution in [0.4, 0.5) is 0 Å². The molecule has 1 aliphatic rings. The fourth-order valence-electron chi connectivity index (χ4n) is 2.31. The van der Waals surface area contributed by atoms with E-state index >= 15 is 0 Å². The van der Waals surface area contributed by atoms with Gasteiger partial charge in [-0.1, -0.05) is 13.0 Å². The largest absolute Gasteiger partial charge is 0.328 e. The first-order chi connectivity index (χ1) is 7.78. The zero-order valence-electron chi connectivity index (χ0n) is 10.0. The lowest BCUT2D eigenvalue weighted by Gasteiger charge is -2.06. The van der Waals surface area contributed by atoms with Crippen LogP contribution in [0.1, 0.15) is 31.2 Å². The Bertz CT molecular complexity index is 521. The first kappa shape index (κ1) is 9.88. The summed E-state index contributed by atoms with van der Waals surface area (Å²) in [4.78, 5) is 4.72. The molecule has 1 heterocycles. The summed E-state index contributed by atoms with van der Waals surface area (Å²) in [6, 6.07) is 6.56. The van der Waals surface area contributed by atoms with E-state index in [-0.39, 0.29) is 0 Å². The minimum absolute atomic E-state index is 0.906. The van der Waals surface area contributed by atoms with Crippen LogP contribution in [0, 0.1) is 12.8 Å². The zero-order valence-corrected chi connectivity index (χ0v) is 10.0. The van der Waals surface area contributed by atoms with Crippen molar-refractivity contribution in [2.45, 2.75) is 39.7 Å². The van der Waals surface area contributed by atoms with Crippen molar-refractivity contribution in [1.29, 1.82) is 0 Å². The molecule has 2 nitrogen and oxygen atoms in total. The van der Waals surface area contributed by atoms with Crippen molar-refractivity contribution < 1.29 is 0 Å². The van der Waals surface area contributed by atoms with E-state index in [1.807, 2.05) is 0 Å². The van der Waals surface area contributed by atoms with Crippen molar-refractivity contribution in [3.63, 3.8) is 0 Å². The number of fused-ring (bicyclic) bond motifs is 1. The van der Waals surface area contributed by atoms with Gasteiger partial charge in [0, 0.05) is 13.0 Å². The molecule has 1 aromatic carbocycles. The van der Waals surface area contributed by atoms with Gasteiger partial charge in [-0.05, 0) is 43.4 Å². The third-order valence-electron chi connectivity index (χ3n) is 3.44. The maximum atomic E-state index is 4.72. The Kier molecular flexibility index (Phi) is 2.23. The van der Waals surface area contributed by atoms with E-state index < -0.39 is 0 Å². The SMILES string of the molecule is CCc1nc2ccc(C)cc2n1CC1CC1. The van der Waals surface area contributed by atoms with Crippen molar-refractivity contribution in [3.05, 3.63) is 29.6 Å². The van der Waals surface area contributed by atoms with Gasteiger partial charge in [0.2, 0.25) is 0 Å². The van der Waals surface area contributed by atoms with Crippen molar-refractivity contribution in [1.82, 2.24) is 9.55 Å². The lowest BCUT2D eigenvalue weighted by Crippen LogP contribution is -2.04. The second-order valence-electron chi connectivity index (χ2n) is 4.93. The monoisotopic (exact) mass is 214 g/mol. The number of imidazole rings is 1. The summed E-state index contributed by atoms with van der Waals surface area (Å²) in [7, 11) is 0. The third-order valence-corrected chi connectivity index (χ3v) is 3.44. The van der Waals surface area contributed by atoms with E-state index in [2.05, 4.69) is 36.6 Å². The molecular formula is C14H18N2. The fourth-order valence-corrected chi connectivity index (χ4v) is 2.31. The van der Waals surface area contributed by atoms with Crippen LogP contribution in [-0.2, 0) is 13.0 Å². The fraction of sp³-hybridized carbons (Fsp3) is 0.500. The van der Waals surface area contributed by atoms with Crippen LogP contribution >= 0.6 is 0 Å². The number of aromatic nitrogens is 2. The average Bonchev–Trinajstić information content (AvgIpc) is 3.02. The average molecular weight is 214 g/mol. The van der Waals surface area contributed by atoms with Crippen molar-refractivity contribution >= 4 is 11.0 Å². The molecule has 0 aliphatic heterocycles. The van der Waals surface area contributed by atoms with E-state index in [9.17, 15) is 0 Å². The van der Waals surface area contributed by atoms with E-state index in [0.717, 1.165) is 17.9 Å². The van der Waals surface area contributed by atoms with Crippen LogP contribution in [0.15, 0.2) is 18.2 Å². The van der Waals surface area contributed by atoms with Gasteiger partial charge in [-0.2, -0.15) is 0 Å². The van der Waals surface area contributed by atoms with Crippen LogP contribution in [0.2, 0.25) is 0 Å². The number of benzene rings is 1. The van der Waals surface area contributed by atoms with Gasteiger partial charge in [0.05, 0.1) is 11.0 Å². The van der Waals surface area contributed by atoms with Gasteiger partial charge in [-0.15, -0.1) is 0 Å². The Morgan fingerprint density at radius 2 is 2.19 bits per heavy atom. The third kappa shape index (κ3) is 1.62. The molecule has 0 unspecified atom stereocenters. The van der Waals surface area contributed by atoms with Crippen molar-refractivity contribution in [2.24, 2.45) is 5.92 Å². The van der Waals surface area contributed by atoms with Crippen LogP contribution in [-0.4, -0.2) is 9.55 Å². The second kappa shape index (κ2) is 3.62. The van der Waals surface area contributed by atoms with Crippen molar-refractivity contribution in [2.75, 3.05) is 0 Å². The molecule has 0 spiro atoms. The first-order valence-corrected chi connectivity index (χ1v) is 6.23. The summed E-state index contributed by atoms with van der Waals surface area (Å²) in [6.07, 6.45) is 3.82. The molecular weight excluding hydrogens is 196 g/mol. The summed E-state index contributed by atoms with van der Waals surface area (Å²) in [5.74, 6) is 2.15. The van der Waals surface area contributed by atoms with Crippen LogP contribution < -0.4 is 0 Å². The van der Waals surface area contributed by atoms with Gasteiger partial charge in [0.1, 0.15) is 5.82 Å². The molecule has 0 atom stereocenters. The quantitative estimate of drug-likeness (QED) is 0.766. The Morgan fingerprint density at radius 3 is 2.88 bits per heavy atom. The summed E-state index contributed by atoms with van der Waals surface area (Å²) in [5, 5.41) is 0. The van der Waals surface area contributed by atoms with Gasteiger partial charge >= 0.3 is 0 Å². The highest BCUT2D eigenvalue weighted by atomic mass is 15.1. The molecule has 0 amide bonds. The van der Waals surface area contributed by atoms with Crippen LogP contribution in [0.3, 0.4) is 0 Å². The molecule has 16 heavy (non-hydrogen) atoms. The zero-order chi connectivity index (χ0) is 11.1. The molecule has 1 saturated carbocycles. The van der Waals surface area contributed by atoms with E-state index in [4.69, 9.17) is 4.98 Å². The molecule has 84 valence electrons. The highest BCUT2D eigenvalue weighted by Crippen LogP contribution is 2.32. The van der Waals surface area contributed by atoms with Gasteiger partial charge in [0.25, 0.3) is 0 Å². The Labute approximate surface area is 96.3 Å². The predicted octanol–water partition coefficient (Wildman–Crippen LogP) is 3.32. The van der Waals surface area contributed by atoms with E-state index in [1.165, 1.54) is 36.3 Å². The Morgan fingerprint density at radius 1 is 1.38 bits per heavy atom. The minimum Gasteiger partial charge on any atom is -0.328 e. The highest BCUT2D eigenvalue weighted by Gasteiger charge is 2.23. The molecule has 1 aromatic heterocycles. The normalized spacial score (nSPS) is 15.9. The van der Waals surface area contributed by atoms with Crippen LogP contribution in [0.5, 0.6) is 0 Å². The number of rotatable bonds is 3. The summed E-state index contributed by atoms with van der Waals surface area (Å²) in [6.45, 7) is 5.51. The highest BCUT2D eigenvalue weighted by molar-refractivity contribution is 5.76. The first-order valence-electron chi connectivity index (χ1n) is 6.23. The van der Waals surface area contributed by atoms with Gasteiger partial charge in [-0.25, -0.2) is 4.98 Å². The number of hydrogen-bond donors (Lipinski definition) is 0. The number of aryl methyl sites for hydroxylation is 2.